The minimum atomic E-state index is -4.86. The van der Waals surface area contributed by atoms with E-state index in [4.69, 9.17) is 0 Å². The number of carbonyl (C=O) groups excluding carboxylic acids is 3. The number of nitrogens with one attached hydrogen (secondary N) is 2. The van der Waals surface area contributed by atoms with Crippen molar-refractivity contribution >= 4 is 34.6 Å². The Bertz CT molecular complexity index is 1150. The molecule has 2 aromatic carbocycles. The second-order valence-corrected chi connectivity index (χ2v) is 5.92. The SMILES string of the molecule is COC(=O)c1ccc(NC(=O)NC(=O)c2ccc3nccnc3c2)cc1C(F)(F)F. The molecule has 0 aliphatic heterocycles. The number of esters is 1. The first-order valence-corrected chi connectivity index (χ1v) is 8.31. The summed E-state index contributed by atoms with van der Waals surface area (Å²) in [5.41, 5.74) is -1.18. The molecule has 3 rings (SSSR count). The molecule has 0 spiro atoms. The zero-order valence-electron chi connectivity index (χ0n) is 15.3. The fourth-order valence-corrected chi connectivity index (χ4v) is 2.59. The van der Waals surface area contributed by atoms with Gasteiger partial charge < -0.3 is 10.1 Å². The largest absolute Gasteiger partial charge is 0.465 e. The maximum absolute atomic E-state index is 13.2. The highest BCUT2D eigenvalue weighted by Gasteiger charge is 2.36. The van der Waals surface area contributed by atoms with Crippen LogP contribution in [0.4, 0.5) is 23.7 Å². The van der Waals surface area contributed by atoms with Gasteiger partial charge in [0, 0.05) is 23.6 Å². The van der Waals surface area contributed by atoms with Crippen molar-refractivity contribution in [1.82, 2.24) is 15.3 Å². The maximum Gasteiger partial charge on any atom is 0.417 e. The van der Waals surface area contributed by atoms with Crippen LogP contribution in [0.5, 0.6) is 0 Å². The Morgan fingerprint density at radius 3 is 2.33 bits per heavy atom. The summed E-state index contributed by atoms with van der Waals surface area (Å²) in [6.45, 7) is 0. The van der Waals surface area contributed by atoms with Crippen LogP contribution in [0.2, 0.25) is 0 Å². The molecule has 11 heteroatoms. The first kappa shape index (κ1) is 20.7. The number of methoxy groups -OCH3 is 1. The molecule has 30 heavy (non-hydrogen) atoms. The van der Waals surface area contributed by atoms with Gasteiger partial charge in [-0.15, -0.1) is 0 Å². The van der Waals surface area contributed by atoms with Gasteiger partial charge in [0.05, 0.1) is 29.3 Å². The molecule has 0 saturated carbocycles. The average molecular weight is 418 g/mol. The predicted molar refractivity (Wildman–Crippen MR) is 98.8 cm³/mol. The molecular weight excluding hydrogens is 405 g/mol. The van der Waals surface area contributed by atoms with Crippen molar-refractivity contribution in [3.63, 3.8) is 0 Å². The molecule has 2 N–H and O–H groups in total. The van der Waals surface area contributed by atoms with Crippen LogP contribution in [0.1, 0.15) is 26.3 Å². The minimum absolute atomic E-state index is 0.107. The molecule has 0 unspecified atom stereocenters. The lowest BCUT2D eigenvalue weighted by atomic mass is 10.1. The zero-order valence-corrected chi connectivity index (χ0v) is 15.3. The number of hydrogen-bond donors (Lipinski definition) is 2. The normalized spacial score (nSPS) is 11.1. The summed E-state index contributed by atoms with van der Waals surface area (Å²) in [6, 6.07) is 5.84. The molecule has 1 heterocycles. The van der Waals surface area contributed by atoms with Gasteiger partial charge in [-0.3, -0.25) is 20.1 Å². The third-order valence-corrected chi connectivity index (χ3v) is 3.95. The highest BCUT2D eigenvalue weighted by Crippen LogP contribution is 2.34. The van der Waals surface area contributed by atoms with E-state index in [1.54, 1.807) is 0 Å². The number of halogens is 3. The summed E-state index contributed by atoms with van der Waals surface area (Å²) < 4.78 is 44.0. The highest BCUT2D eigenvalue weighted by molar-refractivity contribution is 6.09. The van der Waals surface area contributed by atoms with E-state index in [-0.39, 0.29) is 11.3 Å². The Morgan fingerprint density at radius 2 is 1.67 bits per heavy atom. The molecule has 0 aliphatic rings. The summed E-state index contributed by atoms with van der Waals surface area (Å²) >= 11 is 0. The van der Waals surface area contributed by atoms with E-state index < -0.39 is 35.2 Å². The summed E-state index contributed by atoms with van der Waals surface area (Å²) in [5, 5.41) is 4.13. The lowest BCUT2D eigenvalue weighted by Gasteiger charge is -2.14. The van der Waals surface area contributed by atoms with Crippen molar-refractivity contribution in [3.8, 4) is 0 Å². The zero-order chi connectivity index (χ0) is 21.9. The molecule has 3 aromatic rings. The molecule has 0 radical (unpaired) electrons. The monoisotopic (exact) mass is 418 g/mol. The summed E-state index contributed by atoms with van der Waals surface area (Å²) in [7, 11) is 0.950. The Hall–Kier alpha value is -4.02. The first-order chi connectivity index (χ1) is 14.2. The van der Waals surface area contributed by atoms with Gasteiger partial charge in [-0.05, 0) is 36.4 Å². The van der Waals surface area contributed by atoms with Gasteiger partial charge in [-0.2, -0.15) is 13.2 Å². The number of urea groups is 1. The van der Waals surface area contributed by atoms with E-state index in [0.717, 1.165) is 19.2 Å². The van der Waals surface area contributed by atoms with Crippen LogP contribution in [0.3, 0.4) is 0 Å². The number of benzene rings is 2. The van der Waals surface area contributed by atoms with Gasteiger partial charge >= 0.3 is 18.2 Å². The number of amides is 3. The van der Waals surface area contributed by atoms with E-state index in [0.29, 0.717) is 17.1 Å². The van der Waals surface area contributed by atoms with Crippen LogP contribution in [0.25, 0.3) is 11.0 Å². The lowest BCUT2D eigenvalue weighted by Crippen LogP contribution is -2.34. The van der Waals surface area contributed by atoms with Crippen LogP contribution in [-0.4, -0.2) is 35.0 Å². The lowest BCUT2D eigenvalue weighted by molar-refractivity contribution is -0.138. The Balaban J connectivity index is 1.76. The third-order valence-electron chi connectivity index (χ3n) is 3.95. The second-order valence-electron chi connectivity index (χ2n) is 5.92. The van der Waals surface area contributed by atoms with Crippen molar-refractivity contribution in [2.24, 2.45) is 0 Å². The van der Waals surface area contributed by atoms with Crippen molar-refractivity contribution in [1.29, 1.82) is 0 Å². The molecular formula is C19H13F3N4O4. The number of ether oxygens (including phenoxy) is 1. The quantitative estimate of drug-likeness (QED) is 0.631. The molecule has 0 bridgehead atoms. The molecule has 0 fully saturated rings. The van der Waals surface area contributed by atoms with Crippen molar-refractivity contribution in [2.45, 2.75) is 6.18 Å². The number of hydrogen-bond acceptors (Lipinski definition) is 6. The Kier molecular flexibility index (Phi) is 5.63. The van der Waals surface area contributed by atoms with Gasteiger partial charge in [0.2, 0.25) is 0 Å². The summed E-state index contributed by atoms with van der Waals surface area (Å²) in [6.07, 6.45) is -1.94. The van der Waals surface area contributed by atoms with Crippen LogP contribution < -0.4 is 10.6 Å². The standard InChI is InChI=1S/C19H13F3N4O4/c1-30-17(28)12-4-3-11(9-13(12)19(20,21)22)25-18(29)26-16(27)10-2-5-14-15(8-10)24-7-6-23-14/h2-9H,1H3,(H2,25,26,27,29). The molecule has 3 amide bonds. The predicted octanol–water partition coefficient (Wildman–Crippen LogP) is 3.40. The van der Waals surface area contributed by atoms with E-state index in [1.807, 2.05) is 5.32 Å². The van der Waals surface area contributed by atoms with Crippen LogP contribution in [-0.2, 0) is 10.9 Å². The summed E-state index contributed by atoms with van der Waals surface area (Å²) in [4.78, 5) is 43.9. The molecule has 1 aromatic heterocycles. The molecule has 0 saturated heterocycles. The van der Waals surface area contributed by atoms with Crippen molar-refractivity contribution < 1.29 is 32.3 Å². The molecule has 0 atom stereocenters. The number of aromatic nitrogens is 2. The fourth-order valence-electron chi connectivity index (χ4n) is 2.59. The highest BCUT2D eigenvalue weighted by atomic mass is 19.4. The van der Waals surface area contributed by atoms with Crippen LogP contribution >= 0.6 is 0 Å². The Morgan fingerprint density at radius 1 is 0.967 bits per heavy atom. The number of fused-ring (bicyclic) bond motifs is 1. The molecule has 154 valence electrons. The number of anilines is 1. The number of rotatable bonds is 3. The number of imide groups is 1. The maximum atomic E-state index is 13.2. The fraction of sp³-hybridized carbons (Fsp3) is 0.105. The van der Waals surface area contributed by atoms with Crippen LogP contribution in [0.15, 0.2) is 48.8 Å². The Labute approximate surface area is 167 Å². The van der Waals surface area contributed by atoms with Crippen LogP contribution in [0, 0.1) is 0 Å². The smallest absolute Gasteiger partial charge is 0.417 e. The van der Waals surface area contributed by atoms with Gasteiger partial charge in [0.15, 0.2) is 0 Å². The average Bonchev–Trinajstić information content (AvgIpc) is 2.72. The summed E-state index contributed by atoms with van der Waals surface area (Å²) in [5.74, 6) is -1.96. The number of carbonyl (C=O) groups is 3. The van der Waals surface area contributed by atoms with Gasteiger partial charge in [0.1, 0.15) is 0 Å². The third kappa shape index (κ3) is 4.51. The van der Waals surface area contributed by atoms with Crippen molar-refractivity contribution in [2.75, 3.05) is 12.4 Å². The number of alkyl halides is 3. The van der Waals surface area contributed by atoms with E-state index in [1.165, 1.54) is 30.6 Å². The minimum Gasteiger partial charge on any atom is -0.465 e. The van der Waals surface area contributed by atoms with E-state index in [9.17, 15) is 27.6 Å². The molecule has 8 nitrogen and oxygen atoms in total. The van der Waals surface area contributed by atoms with Gasteiger partial charge in [-0.1, -0.05) is 0 Å². The van der Waals surface area contributed by atoms with Gasteiger partial charge in [0.25, 0.3) is 5.91 Å². The van der Waals surface area contributed by atoms with E-state index >= 15 is 0 Å². The van der Waals surface area contributed by atoms with Crippen molar-refractivity contribution in [3.05, 3.63) is 65.5 Å². The van der Waals surface area contributed by atoms with E-state index in [2.05, 4.69) is 20.0 Å². The second kappa shape index (κ2) is 8.15. The number of nitrogens with zero attached hydrogens (tertiary/aromatic N) is 2. The first-order valence-electron chi connectivity index (χ1n) is 8.31. The molecule has 0 aliphatic carbocycles. The van der Waals surface area contributed by atoms with Gasteiger partial charge in [-0.25, -0.2) is 9.59 Å². The topological polar surface area (TPSA) is 110 Å².